The minimum atomic E-state index is -0.0306. The van der Waals surface area contributed by atoms with E-state index in [4.69, 9.17) is 9.40 Å². The Kier molecular flexibility index (Phi) is 4.90. The standard InChI is InChI=1S/C19H20N2O2S/c1-12-6-7-16-13(2)9-18(21-19(16)14(12)3)24-11-17(22)20-10-15-5-4-8-23-15/h4-9H,10-11H2,1-3H3,(H,20,22). The maximum atomic E-state index is 12.0. The fraction of sp³-hybridized carbons (Fsp3) is 0.263. The lowest BCUT2D eigenvalue weighted by Gasteiger charge is -2.10. The van der Waals surface area contributed by atoms with Crippen LogP contribution in [-0.4, -0.2) is 16.6 Å². The van der Waals surface area contributed by atoms with E-state index in [1.54, 1.807) is 6.26 Å². The highest BCUT2D eigenvalue weighted by Gasteiger charge is 2.09. The van der Waals surface area contributed by atoms with E-state index < -0.39 is 0 Å². The number of fused-ring (bicyclic) bond motifs is 1. The Morgan fingerprint density at radius 2 is 2.04 bits per heavy atom. The molecule has 2 aromatic heterocycles. The predicted octanol–water partition coefficient (Wildman–Crippen LogP) is 4.16. The second-order valence-electron chi connectivity index (χ2n) is 5.83. The number of aromatic nitrogens is 1. The lowest BCUT2D eigenvalue weighted by molar-refractivity contribution is -0.118. The minimum absolute atomic E-state index is 0.0306. The third kappa shape index (κ3) is 3.62. The molecule has 0 atom stereocenters. The molecule has 0 aliphatic rings. The Labute approximate surface area is 145 Å². The van der Waals surface area contributed by atoms with Gasteiger partial charge in [0.15, 0.2) is 0 Å². The number of aryl methyl sites for hydroxylation is 3. The Balaban J connectivity index is 1.68. The van der Waals surface area contributed by atoms with Gasteiger partial charge in [-0.25, -0.2) is 4.98 Å². The molecule has 0 aliphatic heterocycles. The largest absolute Gasteiger partial charge is 0.467 e. The van der Waals surface area contributed by atoms with Gasteiger partial charge in [0.2, 0.25) is 5.91 Å². The molecule has 5 heteroatoms. The Bertz CT molecular complexity index is 873. The number of hydrogen-bond donors (Lipinski definition) is 1. The van der Waals surface area contributed by atoms with E-state index in [0.717, 1.165) is 16.3 Å². The van der Waals surface area contributed by atoms with Gasteiger partial charge < -0.3 is 9.73 Å². The van der Waals surface area contributed by atoms with Gasteiger partial charge in [-0.2, -0.15) is 0 Å². The number of furan rings is 1. The van der Waals surface area contributed by atoms with E-state index in [0.29, 0.717) is 12.3 Å². The highest BCUT2D eigenvalue weighted by molar-refractivity contribution is 7.99. The van der Waals surface area contributed by atoms with Crippen LogP contribution in [-0.2, 0) is 11.3 Å². The summed E-state index contributed by atoms with van der Waals surface area (Å²) >= 11 is 1.46. The van der Waals surface area contributed by atoms with Crippen molar-refractivity contribution in [3.63, 3.8) is 0 Å². The van der Waals surface area contributed by atoms with Gasteiger partial charge in [-0.1, -0.05) is 23.9 Å². The molecule has 0 spiro atoms. The molecule has 0 aliphatic carbocycles. The van der Waals surface area contributed by atoms with Crippen LogP contribution in [0.15, 0.2) is 46.0 Å². The van der Waals surface area contributed by atoms with Gasteiger partial charge in [-0.15, -0.1) is 0 Å². The number of hydrogen-bond acceptors (Lipinski definition) is 4. The summed E-state index contributed by atoms with van der Waals surface area (Å²) in [5, 5.41) is 4.89. The number of benzene rings is 1. The van der Waals surface area contributed by atoms with E-state index in [1.165, 1.54) is 33.8 Å². The van der Waals surface area contributed by atoms with E-state index in [1.807, 2.05) is 18.2 Å². The number of nitrogens with zero attached hydrogens (tertiary/aromatic N) is 1. The average Bonchev–Trinajstić information content (AvgIpc) is 3.08. The third-order valence-electron chi connectivity index (χ3n) is 4.08. The van der Waals surface area contributed by atoms with Crippen LogP contribution < -0.4 is 5.32 Å². The maximum absolute atomic E-state index is 12.0. The van der Waals surface area contributed by atoms with E-state index in [2.05, 4.69) is 38.2 Å². The van der Waals surface area contributed by atoms with E-state index in [9.17, 15) is 4.79 Å². The Morgan fingerprint density at radius 1 is 1.21 bits per heavy atom. The Hall–Kier alpha value is -2.27. The van der Waals surface area contributed by atoms with Gasteiger partial charge in [0.05, 0.1) is 29.1 Å². The van der Waals surface area contributed by atoms with Crippen LogP contribution >= 0.6 is 11.8 Å². The summed E-state index contributed by atoms with van der Waals surface area (Å²) < 4.78 is 5.20. The van der Waals surface area contributed by atoms with Crippen LogP contribution in [0.2, 0.25) is 0 Å². The normalized spacial score (nSPS) is 11.0. The molecule has 0 bridgehead atoms. The molecule has 3 aromatic rings. The summed E-state index contributed by atoms with van der Waals surface area (Å²) in [5.74, 6) is 1.06. The molecule has 0 saturated carbocycles. The highest BCUT2D eigenvalue weighted by atomic mass is 32.2. The van der Waals surface area contributed by atoms with Crippen LogP contribution in [0.25, 0.3) is 10.9 Å². The number of carbonyl (C=O) groups is 1. The smallest absolute Gasteiger partial charge is 0.230 e. The minimum Gasteiger partial charge on any atom is -0.467 e. The summed E-state index contributed by atoms with van der Waals surface area (Å²) in [6.45, 7) is 6.68. The van der Waals surface area contributed by atoms with Crippen molar-refractivity contribution in [3.8, 4) is 0 Å². The first-order chi connectivity index (χ1) is 11.5. The zero-order valence-corrected chi connectivity index (χ0v) is 14.9. The molecule has 2 heterocycles. The first kappa shape index (κ1) is 16.6. The lowest BCUT2D eigenvalue weighted by Crippen LogP contribution is -2.24. The number of thioether (sulfide) groups is 1. The monoisotopic (exact) mass is 340 g/mol. The number of rotatable bonds is 5. The Morgan fingerprint density at radius 3 is 2.79 bits per heavy atom. The topological polar surface area (TPSA) is 55.1 Å². The van der Waals surface area contributed by atoms with Crippen molar-refractivity contribution in [3.05, 3.63) is 59.0 Å². The second kappa shape index (κ2) is 7.09. The van der Waals surface area contributed by atoms with Crippen LogP contribution in [0.1, 0.15) is 22.5 Å². The average molecular weight is 340 g/mol. The zero-order valence-electron chi connectivity index (χ0n) is 14.1. The molecule has 0 unspecified atom stereocenters. The molecule has 3 rings (SSSR count). The van der Waals surface area contributed by atoms with Crippen LogP contribution in [0, 0.1) is 20.8 Å². The molecular formula is C19H20N2O2S. The van der Waals surface area contributed by atoms with Crippen molar-refractivity contribution >= 4 is 28.6 Å². The number of pyridine rings is 1. The summed E-state index contributed by atoms with van der Waals surface area (Å²) in [7, 11) is 0. The number of nitrogens with one attached hydrogen (secondary N) is 1. The summed E-state index contributed by atoms with van der Waals surface area (Å²) in [6, 6.07) is 9.93. The molecule has 0 radical (unpaired) electrons. The predicted molar refractivity (Wildman–Crippen MR) is 97.2 cm³/mol. The zero-order chi connectivity index (χ0) is 17.1. The third-order valence-corrected chi connectivity index (χ3v) is 4.99. The van der Waals surface area contributed by atoms with Gasteiger partial charge >= 0.3 is 0 Å². The van der Waals surface area contributed by atoms with Gasteiger partial charge in [0.1, 0.15) is 5.76 Å². The quantitative estimate of drug-likeness (QED) is 0.709. The van der Waals surface area contributed by atoms with Gasteiger partial charge in [0, 0.05) is 5.39 Å². The second-order valence-corrected chi connectivity index (χ2v) is 6.82. The molecule has 1 N–H and O–H groups in total. The summed E-state index contributed by atoms with van der Waals surface area (Å²) in [6.07, 6.45) is 1.60. The van der Waals surface area contributed by atoms with Crippen molar-refractivity contribution in [1.29, 1.82) is 0 Å². The lowest BCUT2D eigenvalue weighted by atomic mass is 10.0. The van der Waals surface area contributed by atoms with Crippen LogP contribution in [0.4, 0.5) is 0 Å². The molecule has 24 heavy (non-hydrogen) atoms. The van der Waals surface area contributed by atoms with Crippen molar-refractivity contribution in [2.24, 2.45) is 0 Å². The van der Waals surface area contributed by atoms with Crippen molar-refractivity contribution in [2.45, 2.75) is 32.3 Å². The molecule has 0 saturated heterocycles. The fourth-order valence-corrected chi connectivity index (χ4v) is 3.33. The molecule has 4 nitrogen and oxygen atoms in total. The van der Waals surface area contributed by atoms with Crippen molar-refractivity contribution < 1.29 is 9.21 Å². The maximum Gasteiger partial charge on any atom is 0.230 e. The SMILES string of the molecule is Cc1ccc2c(C)cc(SCC(=O)NCc3ccco3)nc2c1C. The fourth-order valence-electron chi connectivity index (χ4n) is 2.53. The highest BCUT2D eigenvalue weighted by Crippen LogP contribution is 2.27. The van der Waals surface area contributed by atoms with Gasteiger partial charge in [0.25, 0.3) is 0 Å². The molecule has 1 aromatic carbocycles. The molecule has 124 valence electrons. The van der Waals surface area contributed by atoms with Crippen molar-refractivity contribution in [2.75, 3.05) is 5.75 Å². The van der Waals surface area contributed by atoms with E-state index in [-0.39, 0.29) is 5.91 Å². The van der Waals surface area contributed by atoms with Gasteiger partial charge in [-0.3, -0.25) is 4.79 Å². The van der Waals surface area contributed by atoms with Crippen molar-refractivity contribution in [1.82, 2.24) is 10.3 Å². The molecule has 0 fully saturated rings. The first-order valence-corrected chi connectivity index (χ1v) is 8.82. The number of carbonyl (C=O) groups excluding carboxylic acids is 1. The van der Waals surface area contributed by atoms with Gasteiger partial charge in [-0.05, 0) is 55.7 Å². The van der Waals surface area contributed by atoms with Crippen LogP contribution in [0.5, 0.6) is 0 Å². The molecule has 1 amide bonds. The first-order valence-electron chi connectivity index (χ1n) is 7.84. The van der Waals surface area contributed by atoms with E-state index >= 15 is 0 Å². The summed E-state index contributed by atoms with van der Waals surface area (Å²) in [5.41, 5.74) is 4.63. The summed E-state index contributed by atoms with van der Waals surface area (Å²) in [4.78, 5) is 16.7. The molecular weight excluding hydrogens is 320 g/mol. The van der Waals surface area contributed by atoms with Crippen LogP contribution in [0.3, 0.4) is 0 Å². The number of amides is 1.